The van der Waals surface area contributed by atoms with Gasteiger partial charge in [-0.3, -0.25) is 19.8 Å². The van der Waals surface area contributed by atoms with Gasteiger partial charge in [0, 0.05) is 6.20 Å². The Bertz CT molecular complexity index is 1140. The fourth-order valence-corrected chi connectivity index (χ4v) is 3.80. The Morgan fingerprint density at radius 2 is 2.00 bits per heavy atom. The van der Waals surface area contributed by atoms with Crippen molar-refractivity contribution in [3.05, 3.63) is 77.7 Å². The van der Waals surface area contributed by atoms with Gasteiger partial charge in [-0.1, -0.05) is 18.2 Å². The summed E-state index contributed by atoms with van der Waals surface area (Å²) in [6.07, 6.45) is 3.12. The minimum atomic E-state index is -0.556. The van der Waals surface area contributed by atoms with E-state index in [0.717, 1.165) is 10.6 Å². The summed E-state index contributed by atoms with van der Waals surface area (Å²) < 4.78 is 5.74. The van der Waals surface area contributed by atoms with E-state index in [4.69, 9.17) is 16.6 Å². The third-order valence-electron chi connectivity index (χ3n) is 4.09. The fraction of sp³-hybridized carbons (Fsp3) is 0.0476. The second-order valence-corrected chi connectivity index (χ2v) is 7.64. The Balaban J connectivity index is 1.61. The van der Waals surface area contributed by atoms with E-state index in [1.165, 1.54) is 22.7 Å². The van der Waals surface area contributed by atoms with Crippen LogP contribution < -0.4 is 10.2 Å². The van der Waals surface area contributed by atoms with Crippen LogP contribution in [0.2, 0.25) is 0 Å². The largest absolute Gasteiger partial charge is 0.450 e. The highest BCUT2D eigenvalue weighted by molar-refractivity contribution is 7.99. The van der Waals surface area contributed by atoms with Crippen LogP contribution in [0.4, 0.5) is 5.69 Å². The van der Waals surface area contributed by atoms with Crippen LogP contribution in [0, 0.1) is 6.92 Å². The molecule has 0 saturated carbocycles. The number of hydrogen-bond acceptors (Lipinski definition) is 6. The lowest BCUT2D eigenvalue weighted by molar-refractivity contribution is -0.122. The highest BCUT2D eigenvalue weighted by Crippen LogP contribution is 2.29. The molecule has 144 valence electrons. The number of aryl methyl sites for hydroxylation is 1. The molecule has 2 aromatic heterocycles. The second-order valence-electron chi connectivity index (χ2n) is 6.22. The number of nitrogens with one attached hydrogen (secondary N) is 1. The average molecular weight is 422 g/mol. The number of aromatic nitrogens is 1. The van der Waals surface area contributed by atoms with Crippen molar-refractivity contribution in [2.24, 2.45) is 0 Å². The van der Waals surface area contributed by atoms with E-state index in [2.05, 4.69) is 10.3 Å². The lowest BCUT2D eigenvalue weighted by Gasteiger charge is -2.28. The number of nitrogens with zero attached hydrogens (tertiary/aromatic N) is 2. The van der Waals surface area contributed by atoms with E-state index in [0.29, 0.717) is 16.5 Å². The number of thiocarbonyl (C=S) groups is 1. The third-order valence-corrected chi connectivity index (χ3v) is 5.25. The first-order chi connectivity index (χ1) is 14.0. The molecule has 1 N–H and O–H groups in total. The molecule has 1 fully saturated rings. The second kappa shape index (κ2) is 8.02. The van der Waals surface area contributed by atoms with Gasteiger partial charge in [0.1, 0.15) is 16.4 Å². The quantitative estimate of drug-likeness (QED) is 0.390. The van der Waals surface area contributed by atoms with Crippen molar-refractivity contribution in [2.75, 3.05) is 4.90 Å². The Labute approximate surface area is 176 Å². The van der Waals surface area contributed by atoms with Crippen molar-refractivity contribution in [1.29, 1.82) is 0 Å². The lowest BCUT2D eigenvalue weighted by atomic mass is 10.1. The van der Waals surface area contributed by atoms with Gasteiger partial charge in [0.25, 0.3) is 11.8 Å². The molecule has 1 saturated heterocycles. The lowest BCUT2D eigenvalue weighted by Crippen LogP contribution is -2.54. The maximum atomic E-state index is 13.0. The first-order valence-corrected chi connectivity index (χ1v) is 9.90. The molecule has 3 heterocycles. The van der Waals surface area contributed by atoms with Crippen molar-refractivity contribution in [3.63, 3.8) is 0 Å². The van der Waals surface area contributed by atoms with Crippen LogP contribution >= 0.6 is 24.0 Å². The summed E-state index contributed by atoms with van der Waals surface area (Å²) in [5, 5.41) is 4.00. The molecule has 1 aliphatic heterocycles. The van der Waals surface area contributed by atoms with E-state index in [-0.39, 0.29) is 10.7 Å². The van der Waals surface area contributed by atoms with Crippen LogP contribution in [0.3, 0.4) is 0 Å². The Morgan fingerprint density at radius 1 is 1.14 bits per heavy atom. The minimum Gasteiger partial charge on any atom is -0.450 e. The third kappa shape index (κ3) is 4.13. The van der Waals surface area contributed by atoms with Gasteiger partial charge in [0.05, 0.1) is 5.69 Å². The molecule has 0 radical (unpaired) electrons. The van der Waals surface area contributed by atoms with Gasteiger partial charge in [-0.15, -0.1) is 0 Å². The maximum Gasteiger partial charge on any atom is 0.270 e. The van der Waals surface area contributed by atoms with Crippen LogP contribution in [0.1, 0.15) is 11.3 Å². The zero-order chi connectivity index (χ0) is 20.4. The van der Waals surface area contributed by atoms with Crippen molar-refractivity contribution in [2.45, 2.75) is 17.0 Å². The number of carbonyl (C=O) groups excluding carboxylic acids is 2. The number of pyridine rings is 1. The number of hydrogen-bond donors (Lipinski definition) is 1. The normalized spacial score (nSPS) is 15.7. The van der Waals surface area contributed by atoms with Crippen LogP contribution in [-0.4, -0.2) is 21.9 Å². The summed E-state index contributed by atoms with van der Waals surface area (Å²) in [6, 6.07) is 16.4. The molecule has 1 aliphatic rings. The molecule has 0 aliphatic carbocycles. The molecule has 0 atom stereocenters. The standard InChI is InChI=1S/C21H15N3O3S2/c1-13-5-4-6-14(11-13)24-20(26)16(19(25)23-21(24)28)12-15-8-9-18(27-15)29-17-7-2-3-10-22-17/h2-12H,1H3,(H,23,25,28)/b16-12+. The summed E-state index contributed by atoms with van der Waals surface area (Å²) in [5.41, 5.74) is 1.52. The van der Waals surface area contributed by atoms with Gasteiger partial charge in [-0.05, 0) is 78.9 Å². The number of furan rings is 1. The SMILES string of the molecule is Cc1cccc(N2C(=O)/C(=C/c3ccc(Sc4ccccn4)o3)C(=O)NC2=S)c1. The molecule has 1 aromatic carbocycles. The first kappa shape index (κ1) is 19.1. The van der Waals surface area contributed by atoms with Gasteiger partial charge in [0.2, 0.25) is 0 Å². The van der Waals surface area contributed by atoms with Crippen LogP contribution in [0.25, 0.3) is 6.08 Å². The summed E-state index contributed by atoms with van der Waals surface area (Å²) in [7, 11) is 0. The van der Waals surface area contributed by atoms with Crippen LogP contribution in [-0.2, 0) is 9.59 Å². The zero-order valence-electron chi connectivity index (χ0n) is 15.3. The van der Waals surface area contributed by atoms with E-state index >= 15 is 0 Å². The van der Waals surface area contributed by atoms with E-state index < -0.39 is 11.8 Å². The van der Waals surface area contributed by atoms with Crippen LogP contribution in [0.15, 0.2) is 80.9 Å². The smallest absolute Gasteiger partial charge is 0.270 e. The Morgan fingerprint density at radius 3 is 2.76 bits per heavy atom. The summed E-state index contributed by atoms with van der Waals surface area (Å²) in [4.78, 5) is 30.9. The summed E-state index contributed by atoms with van der Waals surface area (Å²) in [6.45, 7) is 1.92. The molecule has 4 rings (SSSR count). The molecular formula is C21H15N3O3S2. The highest BCUT2D eigenvalue weighted by Gasteiger charge is 2.34. The van der Waals surface area contributed by atoms with Crippen molar-refractivity contribution < 1.29 is 14.0 Å². The maximum absolute atomic E-state index is 13.0. The Kier molecular flexibility index (Phi) is 5.28. The van der Waals surface area contributed by atoms with E-state index in [9.17, 15) is 9.59 Å². The Hall–Kier alpha value is -3.23. The van der Waals surface area contributed by atoms with Gasteiger partial charge in [0.15, 0.2) is 10.2 Å². The van der Waals surface area contributed by atoms with Crippen molar-refractivity contribution in [1.82, 2.24) is 10.3 Å². The highest BCUT2D eigenvalue weighted by atomic mass is 32.2. The molecule has 0 spiro atoms. The van der Waals surface area contributed by atoms with Crippen LogP contribution in [0.5, 0.6) is 0 Å². The number of anilines is 1. The summed E-state index contributed by atoms with van der Waals surface area (Å²) in [5.74, 6) is -0.669. The van der Waals surface area contributed by atoms with E-state index in [1.54, 1.807) is 24.4 Å². The molecule has 0 unspecified atom stereocenters. The molecule has 0 bridgehead atoms. The van der Waals surface area contributed by atoms with Crippen molar-refractivity contribution in [3.8, 4) is 0 Å². The molecule has 2 amide bonds. The monoisotopic (exact) mass is 421 g/mol. The predicted molar refractivity (Wildman–Crippen MR) is 114 cm³/mol. The summed E-state index contributed by atoms with van der Waals surface area (Å²) >= 11 is 6.56. The molecule has 29 heavy (non-hydrogen) atoms. The average Bonchev–Trinajstić information content (AvgIpc) is 3.13. The van der Waals surface area contributed by atoms with E-state index in [1.807, 2.05) is 43.3 Å². The number of benzene rings is 1. The number of carbonyl (C=O) groups is 2. The first-order valence-electron chi connectivity index (χ1n) is 8.68. The molecule has 8 heteroatoms. The molecular weight excluding hydrogens is 406 g/mol. The predicted octanol–water partition coefficient (Wildman–Crippen LogP) is 3.97. The molecule has 3 aromatic rings. The van der Waals surface area contributed by atoms with Crippen molar-refractivity contribution >= 4 is 52.7 Å². The van der Waals surface area contributed by atoms with Gasteiger partial charge in [-0.2, -0.15) is 0 Å². The minimum absolute atomic E-state index is 0.0496. The topological polar surface area (TPSA) is 75.4 Å². The molecule has 6 nitrogen and oxygen atoms in total. The fourth-order valence-electron chi connectivity index (χ4n) is 2.78. The van der Waals surface area contributed by atoms with Gasteiger partial charge >= 0.3 is 0 Å². The van der Waals surface area contributed by atoms with Gasteiger partial charge in [-0.25, -0.2) is 4.98 Å². The number of amides is 2. The number of rotatable bonds is 4. The van der Waals surface area contributed by atoms with Gasteiger partial charge < -0.3 is 4.42 Å². The zero-order valence-corrected chi connectivity index (χ0v) is 16.9.